The second kappa shape index (κ2) is 4.34. The molecule has 1 aliphatic carbocycles. The average molecular weight is 285 g/mol. The fourth-order valence-corrected chi connectivity index (χ4v) is 3.65. The Morgan fingerprint density at radius 2 is 2.19 bits per heavy atom. The number of rotatable bonds is 3. The molecule has 0 spiro atoms. The Labute approximate surface area is 123 Å². The van der Waals surface area contributed by atoms with Crippen LogP contribution in [0.25, 0.3) is 10.8 Å². The van der Waals surface area contributed by atoms with Gasteiger partial charge in [0.05, 0.1) is 24.9 Å². The molecule has 5 rings (SSSR count). The lowest BCUT2D eigenvalue weighted by molar-refractivity contribution is 0.109. The maximum Gasteiger partial charge on any atom is 0.261 e. The summed E-state index contributed by atoms with van der Waals surface area (Å²) in [6.45, 7) is 5.13. The first kappa shape index (κ1) is 12.9. The van der Waals surface area contributed by atoms with E-state index in [1.807, 2.05) is 42.7 Å². The van der Waals surface area contributed by atoms with E-state index in [2.05, 4.69) is 0 Å². The molecule has 2 aromatic rings. The van der Waals surface area contributed by atoms with E-state index in [4.69, 9.17) is 9.47 Å². The van der Waals surface area contributed by atoms with Gasteiger partial charge in [0, 0.05) is 11.5 Å². The minimum atomic E-state index is -0.190. The van der Waals surface area contributed by atoms with E-state index < -0.39 is 0 Å². The van der Waals surface area contributed by atoms with Crippen molar-refractivity contribution in [2.75, 3.05) is 13.2 Å². The van der Waals surface area contributed by atoms with E-state index in [1.165, 1.54) is 0 Å². The van der Waals surface area contributed by atoms with Crippen molar-refractivity contribution in [1.82, 2.24) is 4.57 Å². The van der Waals surface area contributed by atoms with E-state index in [9.17, 15) is 4.79 Å². The number of nitrogens with zero attached hydrogens (tertiary/aromatic N) is 1. The molecule has 4 nitrogen and oxygen atoms in total. The number of pyridine rings is 1. The van der Waals surface area contributed by atoms with Crippen LogP contribution in [0.5, 0.6) is 5.88 Å². The molecule has 2 aliphatic heterocycles. The Morgan fingerprint density at radius 1 is 1.38 bits per heavy atom. The van der Waals surface area contributed by atoms with Crippen LogP contribution in [0.4, 0.5) is 0 Å². The molecule has 2 saturated heterocycles. The van der Waals surface area contributed by atoms with Crippen LogP contribution >= 0.6 is 0 Å². The second-order valence-electron chi connectivity index (χ2n) is 6.21. The molecular formula is C17H19NO3. The molecule has 2 bridgehead atoms. The largest absolute Gasteiger partial charge is 0.479 e. The Kier molecular flexibility index (Phi) is 2.67. The number of hydrogen-bond acceptors (Lipinski definition) is 3. The van der Waals surface area contributed by atoms with Gasteiger partial charge in [-0.1, -0.05) is 17.7 Å². The van der Waals surface area contributed by atoms with Gasteiger partial charge in [-0.3, -0.25) is 9.36 Å². The Morgan fingerprint density at radius 3 is 2.86 bits per heavy atom. The van der Waals surface area contributed by atoms with Gasteiger partial charge in [0.1, 0.15) is 0 Å². The summed E-state index contributed by atoms with van der Waals surface area (Å²) in [5.41, 5.74) is 0.954. The molecule has 3 heterocycles. The highest BCUT2D eigenvalue weighted by Gasteiger charge is 2.54. The molecule has 21 heavy (non-hydrogen) atoms. The van der Waals surface area contributed by atoms with Crippen molar-refractivity contribution in [1.29, 1.82) is 0 Å². The highest BCUT2D eigenvalue weighted by Crippen LogP contribution is 2.49. The molecule has 1 saturated carbocycles. The minimum Gasteiger partial charge on any atom is -0.479 e. The van der Waals surface area contributed by atoms with Crippen molar-refractivity contribution < 1.29 is 9.47 Å². The van der Waals surface area contributed by atoms with Gasteiger partial charge in [-0.05, 0) is 38.1 Å². The van der Waals surface area contributed by atoms with Crippen LogP contribution in [0.1, 0.15) is 25.3 Å². The molecule has 1 aromatic heterocycles. The zero-order chi connectivity index (χ0) is 14.6. The Balaban J connectivity index is 2.00. The van der Waals surface area contributed by atoms with Gasteiger partial charge in [-0.25, -0.2) is 0 Å². The summed E-state index contributed by atoms with van der Waals surface area (Å²) in [5.74, 6) is 0.669. The molecule has 0 amide bonds. The third kappa shape index (κ3) is 1.75. The summed E-state index contributed by atoms with van der Waals surface area (Å²) < 4.78 is 13.3. The highest BCUT2D eigenvalue weighted by molar-refractivity contribution is 5.83. The highest BCUT2D eigenvalue weighted by atomic mass is 16.5. The molecule has 0 radical (unpaired) electrons. The number of benzene rings is 1. The van der Waals surface area contributed by atoms with Crippen molar-refractivity contribution in [3.05, 3.63) is 40.2 Å². The van der Waals surface area contributed by atoms with Crippen molar-refractivity contribution in [3.8, 4) is 5.88 Å². The fourth-order valence-electron chi connectivity index (χ4n) is 3.65. The molecule has 3 fully saturated rings. The number of ether oxygens (including phenoxy) is 2. The molecular weight excluding hydrogens is 266 g/mol. The number of aromatic nitrogens is 1. The predicted molar refractivity (Wildman–Crippen MR) is 81.1 cm³/mol. The monoisotopic (exact) mass is 285 g/mol. The molecule has 110 valence electrons. The van der Waals surface area contributed by atoms with Crippen LogP contribution in [0.2, 0.25) is 0 Å². The number of hydrogen-bond donors (Lipinski definition) is 0. The SMILES string of the molecule is CCOc1cc2ccc(C)cc2c(=O)n1C12COC(C1)C2. The van der Waals surface area contributed by atoms with E-state index >= 15 is 0 Å². The molecule has 3 aliphatic rings. The van der Waals surface area contributed by atoms with Crippen LogP contribution in [0, 0.1) is 6.92 Å². The topological polar surface area (TPSA) is 40.5 Å². The molecule has 0 atom stereocenters. The van der Waals surface area contributed by atoms with Crippen molar-refractivity contribution >= 4 is 10.8 Å². The summed E-state index contributed by atoms with van der Waals surface area (Å²) in [4.78, 5) is 13.0. The summed E-state index contributed by atoms with van der Waals surface area (Å²) in [6, 6.07) is 7.97. The fraction of sp³-hybridized carbons (Fsp3) is 0.471. The van der Waals surface area contributed by atoms with Gasteiger partial charge in [-0.15, -0.1) is 0 Å². The van der Waals surface area contributed by atoms with Gasteiger partial charge in [-0.2, -0.15) is 0 Å². The lowest BCUT2D eigenvalue weighted by Crippen LogP contribution is -2.48. The summed E-state index contributed by atoms with van der Waals surface area (Å²) >= 11 is 0. The minimum absolute atomic E-state index is 0.0450. The van der Waals surface area contributed by atoms with E-state index in [-0.39, 0.29) is 11.1 Å². The summed E-state index contributed by atoms with van der Waals surface area (Å²) in [7, 11) is 0. The average Bonchev–Trinajstić information content (AvgIpc) is 3.01. The van der Waals surface area contributed by atoms with Gasteiger partial charge < -0.3 is 9.47 Å². The van der Waals surface area contributed by atoms with E-state index in [1.54, 1.807) is 0 Å². The quantitative estimate of drug-likeness (QED) is 0.870. The van der Waals surface area contributed by atoms with Gasteiger partial charge >= 0.3 is 0 Å². The predicted octanol–water partition coefficient (Wildman–Crippen LogP) is 2.60. The van der Waals surface area contributed by atoms with Crippen molar-refractivity contribution in [2.24, 2.45) is 0 Å². The van der Waals surface area contributed by atoms with E-state index in [0.717, 1.165) is 29.2 Å². The third-order valence-electron chi connectivity index (χ3n) is 4.71. The number of fused-ring (bicyclic) bond motifs is 2. The maximum absolute atomic E-state index is 13.0. The smallest absolute Gasteiger partial charge is 0.261 e. The van der Waals surface area contributed by atoms with Crippen LogP contribution < -0.4 is 10.3 Å². The summed E-state index contributed by atoms with van der Waals surface area (Å²) in [6.07, 6.45) is 2.16. The first-order valence-electron chi connectivity index (χ1n) is 7.54. The van der Waals surface area contributed by atoms with Crippen LogP contribution in [0.3, 0.4) is 0 Å². The van der Waals surface area contributed by atoms with Gasteiger partial charge in [0.2, 0.25) is 0 Å². The summed E-state index contributed by atoms with van der Waals surface area (Å²) in [5, 5.41) is 1.71. The normalized spacial score (nSPS) is 26.9. The van der Waals surface area contributed by atoms with Crippen LogP contribution in [-0.2, 0) is 10.3 Å². The maximum atomic E-state index is 13.0. The lowest BCUT2D eigenvalue weighted by Gasteiger charge is -2.38. The first-order valence-corrected chi connectivity index (χ1v) is 7.54. The first-order chi connectivity index (χ1) is 10.1. The Bertz CT molecular complexity index is 766. The number of aryl methyl sites for hydroxylation is 1. The third-order valence-corrected chi connectivity index (χ3v) is 4.71. The van der Waals surface area contributed by atoms with Crippen LogP contribution in [0.15, 0.2) is 29.1 Å². The van der Waals surface area contributed by atoms with Crippen molar-refractivity contribution in [2.45, 2.75) is 38.3 Å². The molecule has 1 aromatic carbocycles. The van der Waals surface area contributed by atoms with Gasteiger partial charge in [0.25, 0.3) is 5.56 Å². The zero-order valence-electron chi connectivity index (χ0n) is 12.4. The molecule has 0 unspecified atom stereocenters. The standard InChI is InChI=1S/C17H19NO3/c1-3-20-15-7-12-5-4-11(2)6-14(12)16(19)18(15)17-8-13(9-17)21-10-17/h4-7,13H,3,8-10H2,1-2H3. The van der Waals surface area contributed by atoms with Gasteiger partial charge in [0.15, 0.2) is 5.88 Å². The second-order valence-corrected chi connectivity index (χ2v) is 6.21. The van der Waals surface area contributed by atoms with E-state index in [0.29, 0.717) is 25.2 Å². The van der Waals surface area contributed by atoms with Crippen molar-refractivity contribution in [3.63, 3.8) is 0 Å². The van der Waals surface area contributed by atoms with Crippen LogP contribution in [-0.4, -0.2) is 23.9 Å². The lowest BCUT2D eigenvalue weighted by atomic mass is 9.77. The zero-order valence-corrected chi connectivity index (χ0v) is 12.4. The Hall–Kier alpha value is -1.81. The molecule has 0 N–H and O–H groups in total. The molecule has 4 heteroatoms.